The first kappa shape index (κ1) is 26.2. The van der Waals surface area contributed by atoms with Crippen LogP contribution in [0, 0.1) is 0 Å². The molecule has 8 nitrogen and oxygen atoms in total. The van der Waals surface area contributed by atoms with Crippen molar-refractivity contribution in [2.75, 3.05) is 46.9 Å². The third-order valence-electron chi connectivity index (χ3n) is 7.64. The van der Waals surface area contributed by atoms with Gasteiger partial charge in [0.1, 0.15) is 5.75 Å². The Kier molecular flexibility index (Phi) is 8.66. The van der Waals surface area contributed by atoms with Gasteiger partial charge < -0.3 is 15.0 Å². The third kappa shape index (κ3) is 5.74. The van der Waals surface area contributed by atoms with Crippen molar-refractivity contribution in [2.45, 2.75) is 37.1 Å². The molecule has 1 aliphatic heterocycles. The molecular formula is C27H35N5O3S. The summed E-state index contributed by atoms with van der Waals surface area (Å²) in [6.45, 7) is 3.87. The van der Waals surface area contributed by atoms with Crippen molar-refractivity contribution >= 4 is 24.4 Å². The fourth-order valence-electron chi connectivity index (χ4n) is 5.50. The quantitative estimate of drug-likeness (QED) is 0.614. The zero-order valence-corrected chi connectivity index (χ0v) is 21.9. The largest absolute Gasteiger partial charge is 0.496 e. The number of nitrogens with one attached hydrogen (secondary N) is 1. The Labute approximate surface area is 218 Å². The number of hydrogen-bond donors (Lipinski definition) is 1. The first-order valence-electron chi connectivity index (χ1n) is 12.5. The second-order valence-electron chi connectivity index (χ2n) is 9.74. The Balaban J connectivity index is 1.51. The second-order valence-corrected chi connectivity index (χ2v) is 9.92. The summed E-state index contributed by atoms with van der Waals surface area (Å²) in [6, 6.07) is 17.3. The molecule has 0 radical (unpaired) electrons. The summed E-state index contributed by atoms with van der Waals surface area (Å²) in [5.41, 5.74) is 1.50. The second kappa shape index (κ2) is 11.9. The smallest absolute Gasteiger partial charge is 0.369 e. The van der Waals surface area contributed by atoms with E-state index >= 15 is 0 Å². The Hall–Kier alpha value is -2.88. The number of ether oxygens (including phenoxy) is 1. The fourth-order valence-corrected chi connectivity index (χ4v) is 5.58. The fraction of sp³-hybridized carbons (Fsp3) is 0.481. The number of hydrazine groups is 1. The van der Waals surface area contributed by atoms with Gasteiger partial charge in [0.25, 0.3) is 5.91 Å². The SMILES string of the molecule is COc1ccccc1C(=O)NC[C@]1(c2ccccc2)CC[C@@H](N(C(=O)N=S)N2CCN(C)CC2)CC1. The van der Waals surface area contributed by atoms with E-state index in [1.54, 1.807) is 19.2 Å². The maximum atomic E-state index is 13.1. The van der Waals surface area contributed by atoms with E-state index in [1.165, 1.54) is 5.56 Å². The number of para-hydroxylation sites is 1. The van der Waals surface area contributed by atoms with Crippen molar-refractivity contribution in [1.82, 2.24) is 20.2 Å². The van der Waals surface area contributed by atoms with Crippen molar-refractivity contribution in [2.24, 2.45) is 4.36 Å². The van der Waals surface area contributed by atoms with Crippen LogP contribution in [-0.2, 0) is 17.8 Å². The van der Waals surface area contributed by atoms with Gasteiger partial charge in [0.15, 0.2) is 0 Å². The van der Waals surface area contributed by atoms with Crippen LogP contribution in [0.1, 0.15) is 41.6 Å². The lowest BCUT2D eigenvalue weighted by Gasteiger charge is -2.47. The predicted octanol–water partition coefficient (Wildman–Crippen LogP) is 3.62. The minimum atomic E-state index is -0.351. The van der Waals surface area contributed by atoms with Gasteiger partial charge in [-0.2, -0.15) is 0 Å². The maximum absolute atomic E-state index is 13.1. The molecule has 0 aromatic heterocycles. The van der Waals surface area contributed by atoms with Crippen LogP contribution in [0.25, 0.3) is 0 Å². The molecule has 1 saturated carbocycles. The van der Waals surface area contributed by atoms with Crippen LogP contribution in [0.15, 0.2) is 59.0 Å². The number of nitrogens with zero attached hydrogens (tertiary/aromatic N) is 4. The number of amides is 3. The molecule has 9 heteroatoms. The van der Waals surface area contributed by atoms with Crippen LogP contribution in [-0.4, -0.2) is 79.8 Å². The molecule has 0 atom stereocenters. The van der Waals surface area contributed by atoms with Crippen LogP contribution in [0.2, 0.25) is 0 Å². The summed E-state index contributed by atoms with van der Waals surface area (Å²) in [6.07, 6.45) is 3.29. The number of rotatable bonds is 7. The zero-order valence-electron chi connectivity index (χ0n) is 21.1. The van der Waals surface area contributed by atoms with Crippen molar-refractivity contribution in [1.29, 1.82) is 0 Å². The van der Waals surface area contributed by atoms with Crippen molar-refractivity contribution in [3.05, 3.63) is 65.7 Å². The molecule has 1 heterocycles. The molecule has 2 fully saturated rings. The number of carbonyl (C=O) groups excluding carboxylic acids is 2. The Morgan fingerprint density at radius 2 is 1.69 bits per heavy atom. The Bertz CT molecular complexity index is 1050. The normalized spacial score (nSPS) is 23.0. The molecule has 3 amide bonds. The zero-order chi connectivity index (χ0) is 25.5. The summed E-state index contributed by atoms with van der Waals surface area (Å²) < 4.78 is 8.99. The molecule has 0 bridgehead atoms. The van der Waals surface area contributed by atoms with Gasteiger partial charge in [-0.25, -0.2) is 9.80 Å². The van der Waals surface area contributed by atoms with Crippen molar-refractivity contribution < 1.29 is 14.3 Å². The van der Waals surface area contributed by atoms with E-state index in [4.69, 9.17) is 17.2 Å². The predicted molar refractivity (Wildman–Crippen MR) is 142 cm³/mol. The average molecular weight is 510 g/mol. The molecule has 2 aromatic carbocycles. The van der Waals surface area contributed by atoms with Gasteiger partial charge in [0.05, 0.1) is 18.7 Å². The van der Waals surface area contributed by atoms with Gasteiger partial charge in [-0.05, 0) is 50.4 Å². The molecule has 4 rings (SSSR count). The molecule has 192 valence electrons. The number of carbonyl (C=O) groups is 2. The highest BCUT2D eigenvalue weighted by atomic mass is 32.1. The van der Waals surface area contributed by atoms with Crippen LogP contribution < -0.4 is 10.1 Å². The summed E-state index contributed by atoms with van der Waals surface area (Å²) in [7, 11) is 3.66. The monoisotopic (exact) mass is 509 g/mol. The topological polar surface area (TPSA) is 77.5 Å². The molecule has 0 spiro atoms. The van der Waals surface area contributed by atoms with Gasteiger partial charge in [0, 0.05) is 50.6 Å². The van der Waals surface area contributed by atoms with Crippen LogP contribution in [0.5, 0.6) is 5.75 Å². The molecule has 36 heavy (non-hydrogen) atoms. The van der Waals surface area contributed by atoms with Gasteiger partial charge >= 0.3 is 6.03 Å². The van der Waals surface area contributed by atoms with Crippen LogP contribution in [0.4, 0.5) is 4.79 Å². The lowest BCUT2D eigenvalue weighted by molar-refractivity contribution is -0.0561. The summed E-state index contributed by atoms with van der Waals surface area (Å²) in [4.78, 5) is 28.1. The maximum Gasteiger partial charge on any atom is 0.369 e. The van der Waals surface area contributed by atoms with Crippen LogP contribution >= 0.6 is 0 Å². The molecule has 1 saturated heterocycles. The number of benzene rings is 2. The van der Waals surface area contributed by atoms with E-state index in [9.17, 15) is 9.59 Å². The Morgan fingerprint density at radius 1 is 1.06 bits per heavy atom. The van der Waals surface area contributed by atoms with Crippen molar-refractivity contribution in [3.63, 3.8) is 0 Å². The standard InChI is InChI=1S/C27H35N5O3S/c1-30-16-18-31(19-17-30)32(26(34)29-36)22-12-14-27(15-13-22,21-8-4-3-5-9-21)20-28-25(33)23-10-6-7-11-24(23)35-2/h3-11,22H,12-20H2,1-2H3,(H,28,33)/t22-,27+. The first-order valence-corrected chi connectivity index (χ1v) is 12.9. The molecule has 0 unspecified atom stereocenters. The lowest BCUT2D eigenvalue weighted by atomic mass is 9.68. The number of hydrogen-bond acceptors (Lipinski definition) is 6. The third-order valence-corrected chi connectivity index (χ3v) is 7.80. The van der Waals surface area contributed by atoms with Gasteiger partial charge in [-0.15, -0.1) is 4.36 Å². The molecule has 1 aliphatic carbocycles. The lowest BCUT2D eigenvalue weighted by Crippen LogP contribution is -2.59. The van der Waals surface area contributed by atoms with Gasteiger partial charge in [-0.1, -0.05) is 42.5 Å². The minimum absolute atomic E-state index is 0.0364. The highest BCUT2D eigenvalue weighted by Crippen LogP contribution is 2.41. The summed E-state index contributed by atoms with van der Waals surface area (Å²) >= 11 is 4.81. The minimum Gasteiger partial charge on any atom is -0.496 e. The molecule has 1 N–H and O–H groups in total. The van der Waals surface area contributed by atoms with E-state index in [1.807, 2.05) is 35.3 Å². The molecule has 2 aliphatic rings. The number of urea groups is 1. The molecule has 2 aromatic rings. The van der Waals surface area contributed by atoms with Gasteiger partial charge in [0.2, 0.25) is 0 Å². The van der Waals surface area contributed by atoms with Gasteiger partial charge in [-0.3, -0.25) is 9.80 Å². The van der Waals surface area contributed by atoms with E-state index in [-0.39, 0.29) is 23.4 Å². The Morgan fingerprint density at radius 3 is 2.33 bits per heavy atom. The highest BCUT2D eigenvalue weighted by Gasteiger charge is 2.41. The summed E-state index contributed by atoms with van der Waals surface area (Å²) in [5.74, 6) is 0.408. The van der Waals surface area contributed by atoms with Crippen molar-refractivity contribution in [3.8, 4) is 5.75 Å². The number of likely N-dealkylation sites (N-methyl/N-ethyl adjacent to an activating group) is 1. The number of piperazine rings is 1. The first-order chi connectivity index (χ1) is 17.5. The average Bonchev–Trinajstić information content (AvgIpc) is 2.94. The van der Waals surface area contributed by atoms with E-state index in [0.717, 1.165) is 51.9 Å². The van der Waals surface area contributed by atoms with E-state index in [2.05, 4.69) is 38.8 Å². The summed E-state index contributed by atoms with van der Waals surface area (Å²) in [5, 5.41) is 7.10. The number of methoxy groups -OCH3 is 1. The van der Waals surface area contributed by atoms with E-state index < -0.39 is 0 Å². The van der Waals surface area contributed by atoms with Crippen LogP contribution in [0.3, 0.4) is 0 Å². The highest BCUT2D eigenvalue weighted by molar-refractivity contribution is 7.47. The van der Waals surface area contributed by atoms with E-state index in [0.29, 0.717) is 17.9 Å². The molecular weight excluding hydrogens is 474 g/mol.